The van der Waals surface area contributed by atoms with Gasteiger partial charge in [-0.15, -0.1) is 11.8 Å². The highest BCUT2D eigenvalue weighted by Gasteiger charge is 2.31. The summed E-state index contributed by atoms with van der Waals surface area (Å²) in [7, 11) is 1.34. The zero-order chi connectivity index (χ0) is 14.6. The molecule has 0 radical (unpaired) electrons. The number of ether oxygens (including phenoxy) is 1. The van der Waals surface area contributed by atoms with Crippen molar-refractivity contribution in [1.82, 2.24) is 0 Å². The number of hydrogen-bond donors (Lipinski definition) is 1. The topological polar surface area (TPSA) is 52.3 Å². The molecule has 0 aliphatic rings. The van der Waals surface area contributed by atoms with Gasteiger partial charge in [0.05, 0.1) is 17.2 Å². The third-order valence-corrected chi connectivity index (χ3v) is 4.43. The van der Waals surface area contributed by atoms with Crippen LogP contribution in [-0.4, -0.2) is 23.9 Å². The summed E-state index contributed by atoms with van der Waals surface area (Å²) in [5, 5.41) is 1.19. The number of methoxy groups -OCH3 is 1. The monoisotopic (exact) mass is 321 g/mol. The molecule has 0 aliphatic carbocycles. The summed E-state index contributed by atoms with van der Waals surface area (Å²) in [6, 6.07) is 5.44. The van der Waals surface area contributed by atoms with Gasteiger partial charge < -0.3 is 10.5 Å². The van der Waals surface area contributed by atoms with Crippen molar-refractivity contribution in [3.8, 4) is 0 Å². The predicted molar refractivity (Wildman–Crippen MR) is 81.0 cm³/mol. The number of benzene rings is 1. The Hall–Kier alpha value is -0.420. The minimum Gasteiger partial charge on any atom is -0.468 e. The maximum atomic E-state index is 11.5. The van der Waals surface area contributed by atoms with Gasteiger partial charge in [-0.3, -0.25) is 4.79 Å². The van der Waals surface area contributed by atoms with E-state index in [0.717, 1.165) is 4.90 Å². The van der Waals surface area contributed by atoms with Crippen molar-refractivity contribution in [3.05, 3.63) is 28.2 Å². The maximum absolute atomic E-state index is 11.5. The lowest BCUT2D eigenvalue weighted by molar-refractivity contribution is -0.146. The second-order valence-electron chi connectivity index (χ2n) is 4.62. The van der Waals surface area contributed by atoms with Crippen molar-refractivity contribution in [2.45, 2.75) is 36.0 Å². The molecule has 1 rings (SSSR count). The fraction of sp³-hybridized carbons (Fsp3) is 0.462. The molecule has 106 valence electrons. The Labute approximate surface area is 127 Å². The van der Waals surface area contributed by atoms with Crippen LogP contribution in [0.1, 0.15) is 20.3 Å². The van der Waals surface area contributed by atoms with Gasteiger partial charge in [-0.25, -0.2) is 0 Å². The Kier molecular flexibility index (Phi) is 5.99. The molecule has 2 N–H and O–H groups in total. The first kappa shape index (κ1) is 16.6. The summed E-state index contributed by atoms with van der Waals surface area (Å²) < 4.78 is 4.69. The van der Waals surface area contributed by atoms with Crippen molar-refractivity contribution in [2.75, 3.05) is 7.11 Å². The predicted octanol–water partition coefficient (Wildman–Crippen LogP) is 3.75. The number of nitrogens with two attached hydrogens (primary N) is 1. The quantitative estimate of drug-likeness (QED) is 0.662. The van der Waals surface area contributed by atoms with Gasteiger partial charge in [0.2, 0.25) is 0 Å². The first-order chi connectivity index (χ1) is 8.76. The lowest BCUT2D eigenvalue weighted by Crippen LogP contribution is -2.47. The first-order valence-electron chi connectivity index (χ1n) is 5.75. The molecule has 19 heavy (non-hydrogen) atoms. The smallest absolute Gasteiger partial charge is 0.325 e. The van der Waals surface area contributed by atoms with Crippen LogP contribution >= 0.6 is 35.0 Å². The van der Waals surface area contributed by atoms with E-state index in [2.05, 4.69) is 4.74 Å². The third kappa shape index (κ3) is 4.88. The van der Waals surface area contributed by atoms with E-state index in [1.807, 2.05) is 13.0 Å². The number of rotatable bonds is 5. The highest BCUT2D eigenvalue weighted by atomic mass is 35.5. The fourth-order valence-corrected chi connectivity index (χ4v) is 3.33. The van der Waals surface area contributed by atoms with Crippen LogP contribution in [0.25, 0.3) is 0 Å². The van der Waals surface area contributed by atoms with Crippen molar-refractivity contribution in [2.24, 2.45) is 5.73 Å². The van der Waals surface area contributed by atoms with Gasteiger partial charge in [-0.2, -0.15) is 0 Å². The molecule has 0 amide bonds. The van der Waals surface area contributed by atoms with Gasteiger partial charge in [0.15, 0.2) is 0 Å². The van der Waals surface area contributed by atoms with E-state index in [4.69, 9.17) is 28.9 Å². The lowest BCUT2D eigenvalue weighted by Gasteiger charge is -2.24. The summed E-state index contributed by atoms with van der Waals surface area (Å²) >= 11 is 13.4. The van der Waals surface area contributed by atoms with Gasteiger partial charge in [0.25, 0.3) is 0 Å². The molecule has 6 heteroatoms. The Balaban J connectivity index is 2.67. The average Bonchev–Trinajstić information content (AvgIpc) is 2.32. The molecule has 0 bridgehead atoms. The summed E-state index contributed by atoms with van der Waals surface area (Å²) in [5.74, 6) is -0.408. The van der Waals surface area contributed by atoms with Gasteiger partial charge in [-0.1, -0.05) is 30.1 Å². The molecular weight excluding hydrogens is 305 g/mol. The van der Waals surface area contributed by atoms with E-state index in [9.17, 15) is 4.79 Å². The second kappa shape index (κ2) is 6.84. The van der Waals surface area contributed by atoms with Crippen molar-refractivity contribution in [1.29, 1.82) is 0 Å². The summed E-state index contributed by atoms with van der Waals surface area (Å²) in [5.41, 5.74) is 4.96. The SMILES string of the molecule is COC(=O)C(C)(N)CC(C)Sc1ccc(Cl)c(Cl)c1. The van der Waals surface area contributed by atoms with Crippen LogP contribution in [0, 0.1) is 0 Å². The van der Waals surface area contributed by atoms with E-state index < -0.39 is 11.5 Å². The zero-order valence-electron chi connectivity index (χ0n) is 11.1. The zero-order valence-corrected chi connectivity index (χ0v) is 13.4. The largest absolute Gasteiger partial charge is 0.468 e. The Bertz CT molecular complexity index is 466. The van der Waals surface area contributed by atoms with Crippen LogP contribution in [0.2, 0.25) is 10.0 Å². The minimum absolute atomic E-state index is 0.145. The maximum Gasteiger partial charge on any atom is 0.325 e. The van der Waals surface area contributed by atoms with Gasteiger partial charge >= 0.3 is 5.97 Å². The molecule has 3 nitrogen and oxygen atoms in total. The molecule has 0 heterocycles. The third-order valence-electron chi connectivity index (χ3n) is 2.59. The number of carbonyl (C=O) groups excluding carboxylic acids is 1. The van der Waals surface area contributed by atoms with Gasteiger partial charge in [0.1, 0.15) is 5.54 Å². The molecule has 2 unspecified atom stereocenters. The van der Waals surface area contributed by atoms with Crippen LogP contribution in [0.4, 0.5) is 0 Å². The highest BCUT2D eigenvalue weighted by Crippen LogP contribution is 2.32. The van der Waals surface area contributed by atoms with Crippen molar-refractivity contribution >= 4 is 40.9 Å². The van der Waals surface area contributed by atoms with Crippen LogP contribution in [0.5, 0.6) is 0 Å². The van der Waals surface area contributed by atoms with Gasteiger partial charge in [-0.05, 0) is 31.5 Å². The normalized spacial score (nSPS) is 15.7. The summed E-state index contributed by atoms with van der Waals surface area (Å²) in [6.07, 6.45) is 0.505. The van der Waals surface area contributed by atoms with Gasteiger partial charge in [0, 0.05) is 10.1 Å². The van der Waals surface area contributed by atoms with E-state index in [0.29, 0.717) is 16.5 Å². The molecule has 2 atom stereocenters. The van der Waals surface area contributed by atoms with Crippen LogP contribution in [0.3, 0.4) is 0 Å². The van der Waals surface area contributed by atoms with Crippen LogP contribution < -0.4 is 5.73 Å². The first-order valence-corrected chi connectivity index (χ1v) is 7.39. The number of hydrogen-bond acceptors (Lipinski definition) is 4. The highest BCUT2D eigenvalue weighted by molar-refractivity contribution is 8.00. The Morgan fingerprint density at radius 2 is 2.11 bits per heavy atom. The molecule has 0 aliphatic heterocycles. The lowest BCUT2D eigenvalue weighted by atomic mass is 9.98. The van der Waals surface area contributed by atoms with Crippen LogP contribution in [0.15, 0.2) is 23.1 Å². The Morgan fingerprint density at radius 3 is 2.63 bits per heavy atom. The average molecular weight is 322 g/mol. The molecule has 0 saturated heterocycles. The standard InChI is InChI=1S/C13H17Cl2NO2S/c1-8(7-13(2,16)12(17)18-3)19-9-4-5-10(14)11(15)6-9/h4-6,8H,7,16H2,1-3H3. The number of carbonyl (C=O) groups is 1. The molecular formula is C13H17Cl2NO2S. The van der Waals surface area contributed by atoms with E-state index in [1.165, 1.54) is 7.11 Å². The van der Waals surface area contributed by atoms with Crippen molar-refractivity contribution in [3.63, 3.8) is 0 Å². The molecule has 0 aromatic heterocycles. The molecule has 1 aromatic rings. The van der Waals surface area contributed by atoms with Crippen molar-refractivity contribution < 1.29 is 9.53 Å². The number of esters is 1. The molecule has 1 aromatic carbocycles. The summed E-state index contributed by atoms with van der Waals surface area (Å²) in [4.78, 5) is 12.5. The Morgan fingerprint density at radius 1 is 1.47 bits per heavy atom. The number of thioether (sulfide) groups is 1. The molecule has 0 spiro atoms. The second-order valence-corrected chi connectivity index (χ2v) is 6.94. The van der Waals surface area contributed by atoms with Crippen LogP contribution in [-0.2, 0) is 9.53 Å². The minimum atomic E-state index is -0.989. The molecule has 0 fully saturated rings. The summed E-state index contributed by atoms with van der Waals surface area (Å²) in [6.45, 7) is 3.67. The molecule has 0 saturated carbocycles. The van der Waals surface area contributed by atoms with E-state index in [-0.39, 0.29) is 5.25 Å². The number of halogens is 2. The fourth-order valence-electron chi connectivity index (χ4n) is 1.74. The van der Waals surface area contributed by atoms with E-state index >= 15 is 0 Å². The van der Waals surface area contributed by atoms with E-state index in [1.54, 1.807) is 30.8 Å².